The van der Waals surface area contributed by atoms with Crippen molar-refractivity contribution in [1.29, 1.82) is 0 Å². The van der Waals surface area contributed by atoms with E-state index in [1.54, 1.807) is 30.0 Å². The zero-order chi connectivity index (χ0) is 21.5. The lowest BCUT2D eigenvalue weighted by Crippen LogP contribution is -2.56. The van der Waals surface area contributed by atoms with Gasteiger partial charge < -0.3 is 20.3 Å². The lowest BCUT2D eigenvalue weighted by Gasteiger charge is -2.38. The molecule has 1 fully saturated rings. The molecule has 9 heteroatoms. The molecule has 0 bridgehead atoms. The number of ether oxygens (including phenoxy) is 1. The number of carbonyl (C=O) groups is 3. The molecule has 1 spiro atoms. The van der Waals surface area contributed by atoms with Gasteiger partial charge in [0, 0.05) is 30.7 Å². The zero-order valence-electron chi connectivity index (χ0n) is 17.2. The van der Waals surface area contributed by atoms with Crippen LogP contribution in [0.25, 0.3) is 0 Å². The molecule has 3 amide bonds. The van der Waals surface area contributed by atoms with Gasteiger partial charge in [-0.2, -0.15) is 0 Å². The van der Waals surface area contributed by atoms with Crippen LogP contribution in [0.15, 0.2) is 24.3 Å². The largest absolute Gasteiger partial charge is 0.467 e. The number of aromatic nitrogens is 1. The average Bonchev–Trinajstić information content (AvgIpc) is 2.94. The van der Waals surface area contributed by atoms with Crippen LogP contribution >= 0.6 is 11.3 Å². The Bertz CT molecular complexity index is 1000. The highest BCUT2D eigenvalue weighted by Gasteiger charge is 2.43. The third-order valence-corrected chi connectivity index (χ3v) is 6.69. The molecular weight excluding hydrogens is 404 g/mol. The number of thiazole rings is 1. The van der Waals surface area contributed by atoms with E-state index in [4.69, 9.17) is 4.74 Å². The minimum Gasteiger partial charge on any atom is -0.467 e. The highest BCUT2D eigenvalue weighted by Crippen LogP contribution is 2.34. The summed E-state index contributed by atoms with van der Waals surface area (Å²) in [6, 6.07) is 6.40. The number of hydrogen-bond donors (Lipinski definition) is 2. The maximum absolute atomic E-state index is 12.8. The number of aryl methyl sites for hydroxylation is 2. The quantitative estimate of drug-likeness (QED) is 0.783. The highest BCUT2D eigenvalue weighted by molar-refractivity contribution is 7.15. The van der Waals surface area contributed by atoms with Gasteiger partial charge in [0.15, 0.2) is 10.9 Å². The molecule has 158 valence electrons. The molecule has 30 heavy (non-hydrogen) atoms. The summed E-state index contributed by atoms with van der Waals surface area (Å²) in [6.07, 6.45) is 0.920. The smallest absolute Gasteiger partial charge is 0.258 e. The topological polar surface area (TPSA) is 101 Å². The standard InChI is InChI=1S/C21H24N4O4S/c1-12-14(3)30-20(22-12)23-18(27)13(2)25-11-10-21(9-8-17(25)26)24-19(28)15-6-4-5-7-16(15)29-21/h4-7,13H,8-11H2,1-3H3,(H,24,28)(H,22,23,27)/t13-,21-/m0/s1. The number of nitrogens with zero attached hydrogens (tertiary/aromatic N) is 2. The second kappa shape index (κ2) is 7.71. The van der Waals surface area contributed by atoms with Gasteiger partial charge in [0.1, 0.15) is 11.8 Å². The van der Waals surface area contributed by atoms with E-state index >= 15 is 0 Å². The number of hydrogen-bond acceptors (Lipinski definition) is 6. The van der Waals surface area contributed by atoms with Gasteiger partial charge >= 0.3 is 0 Å². The fourth-order valence-electron chi connectivity index (χ4n) is 3.77. The molecule has 1 aromatic heterocycles. The summed E-state index contributed by atoms with van der Waals surface area (Å²) in [7, 11) is 0. The van der Waals surface area contributed by atoms with Crippen molar-refractivity contribution < 1.29 is 19.1 Å². The minimum atomic E-state index is -0.949. The van der Waals surface area contributed by atoms with E-state index in [2.05, 4.69) is 15.6 Å². The van der Waals surface area contributed by atoms with E-state index in [1.807, 2.05) is 19.9 Å². The Balaban J connectivity index is 1.47. The van der Waals surface area contributed by atoms with Crippen LogP contribution in [-0.4, -0.2) is 45.9 Å². The van der Waals surface area contributed by atoms with Gasteiger partial charge in [-0.05, 0) is 32.9 Å². The minimum absolute atomic E-state index is 0.141. The molecule has 8 nitrogen and oxygen atoms in total. The molecule has 0 radical (unpaired) electrons. The van der Waals surface area contributed by atoms with E-state index in [0.29, 0.717) is 35.8 Å². The fraction of sp³-hybridized carbons (Fsp3) is 0.429. The van der Waals surface area contributed by atoms with Crippen molar-refractivity contribution in [1.82, 2.24) is 15.2 Å². The van der Waals surface area contributed by atoms with Gasteiger partial charge in [-0.15, -0.1) is 11.3 Å². The van der Waals surface area contributed by atoms with Crippen molar-refractivity contribution >= 4 is 34.2 Å². The van der Waals surface area contributed by atoms with E-state index in [1.165, 1.54) is 11.3 Å². The lowest BCUT2D eigenvalue weighted by molar-refractivity contribution is -0.137. The Hall–Kier alpha value is -2.94. The summed E-state index contributed by atoms with van der Waals surface area (Å²) >= 11 is 1.41. The first-order valence-corrected chi connectivity index (χ1v) is 10.7. The average molecular weight is 429 g/mol. The van der Waals surface area contributed by atoms with E-state index in [0.717, 1.165) is 10.6 Å². The molecule has 2 atom stereocenters. The molecule has 2 aliphatic heterocycles. The van der Waals surface area contributed by atoms with Crippen LogP contribution < -0.4 is 15.4 Å². The molecule has 0 unspecified atom stereocenters. The summed E-state index contributed by atoms with van der Waals surface area (Å²) in [4.78, 5) is 45.0. The Kier molecular flexibility index (Phi) is 5.23. The van der Waals surface area contributed by atoms with E-state index < -0.39 is 11.8 Å². The number of nitrogens with one attached hydrogen (secondary N) is 2. The van der Waals surface area contributed by atoms with Crippen LogP contribution in [0, 0.1) is 13.8 Å². The number of amides is 3. The zero-order valence-corrected chi connectivity index (χ0v) is 18.0. The summed E-state index contributed by atoms with van der Waals surface area (Å²) in [5.74, 6) is -0.120. The van der Waals surface area contributed by atoms with Crippen molar-refractivity contribution in [3.63, 3.8) is 0 Å². The molecule has 1 aromatic carbocycles. The van der Waals surface area contributed by atoms with Crippen molar-refractivity contribution in [2.45, 2.75) is 51.8 Å². The van der Waals surface area contributed by atoms with Gasteiger partial charge in [0.25, 0.3) is 5.91 Å². The predicted octanol–water partition coefficient (Wildman–Crippen LogP) is 2.62. The van der Waals surface area contributed by atoms with E-state index in [-0.39, 0.29) is 24.1 Å². The van der Waals surface area contributed by atoms with Gasteiger partial charge in [0.2, 0.25) is 11.8 Å². The van der Waals surface area contributed by atoms with Gasteiger partial charge in [0.05, 0.1) is 11.3 Å². The fourth-order valence-corrected chi connectivity index (χ4v) is 4.59. The van der Waals surface area contributed by atoms with Crippen LogP contribution in [0.1, 0.15) is 47.1 Å². The third kappa shape index (κ3) is 3.77. The van der Waals surface area contributed by atoms with Crippen molar-refractivity contribution in [2.75, 3.05) is 11.9 Å². The summed E-state index contributed by atoms with van der Waals surface area (Å²) in [5.41, 5.74) is 0.411. The summed E-state index contributed by atoms with van der Waals surface area (Å²) < 4.78 is 6.14. The first kappa shape index (κ1) is 20.3. The molecule has 2 N–H and O–H groups in total. The number of fused-ring (bicyclic) bond motifs is 1. The van der Waals surface area contributed by atoms with Crippen molar-refractivity contribution in [2.24, 2.45) is 0 Å². The van der Waals surface area contributed by atoms with Crippen LogP contribution in [0.3, 0.4) is 0 Å². The second-order valence-electron chi connectivity index (χ2n) is 7.71. The molecule has 2 aliphatic rings. The first-order valence-electron chi connectivity index (χ1n) is 9.93. The van der Waals surface area contributed by atoms with Gasteiger partial charge in [-0.3, -0.25) is 14.4 Å². The second-order valence-corrected chi connectivity index (χ2v) is 8.91. The van der Waals surface area contributed by atoms with Crippen LogP contribution in [0.4, 0.5) is 5.13 Å². The van der Waals surface area contributed by atoms with Crippen LogP contribution in [0.5, 0.6) is 5.75 Å². The molecule has 1 saturated heterocycles. The number of carbonyl (C=O) groups excluding carboxylic acids is 3. The Labute approximate surface area is 178 Å². The van der Waals surface area contributed by atoms with Gasteiger partial charge in [-0.1, -0.05) is 12.1 Å². The Morgan fingerprint density at radius 2 is 2.07 bits per heavy atom. The van der Waals surface area contributed by atoms with Gasteiger partial charge in [-0.25, -0.2) is 4.98 Å². The molecule has 3 heterocycles. The normalized spacial score (nSPS) is 22.0. The Morgan fingerprint density at radius 3 is 2.80 bits per heavy atom. The number of rotatable bonds is 3. The maximum Gasteiger partial charge on any atom is 0.258 e. The molecular formula is C21H24N4O4S. The van der Waals surface area contributed by atoms with Crippen molar-refractivity contribution in [3.05, 3.63) is 40.4 Å². The lowest BCUT2D eigenvalue weighted by atomic mass is 10.0. The SMILES string of the molecule is Cc1nc(NC(=O)[C@H](C)N2CC[C@@]3(CCC2=O)NC(=O)c2ccccc2O3)sc1C. The summed E-state index contributed by atoms with van der Waals surface area (Å²) in [6.45, 7) is 5.83. The predicted molar refractivity (Wildman–Crippen MR) is 113 cm³/mol. The maximum atomic E-state index is 12.8. The molecule has 0 saturated carbocycles. The van der Waals surface area contributed by atoms with Crippen LogP contribution in [-0.2, 0) is 9.59 Å². The third-order valence-electron chi connectivity index (χ3n) is 5.70. The molecule has 0 aliphatic carbocycles. The number of para-hydroxylation sites is 1. The monoisotopic (exact) mass is 428 g/mol. The molecule has 4 rings (SSSR count). The first-order chi connectivity index (χ1) is 14.3. The van der Waals surface area contributed by atoms with Crippen LogP contribution in [0.2, 0.25) is 0 Å². The number of anilines is 1. The van der Waals surface area contributed by atoms with E-state index in [9.17, 15) is 14.4 Å². The number of benzene rings is 1. The summed E-state index contributed by atoms with van der Waals surface area (Å²) in [5, 5.41) is 6.27. The highest BCUT2D eigenvalue weighted by atomic mass is 32.1. The molecule has 2 aromatic rings. The van der Waals surface area contributed by atoms with Crippen molar-refractivity contribution in [3.8, 4) is 5.75 Å². The number of likely N-dealkylation sites (tertiary alicyclic amines) is 1. The Morgan fingerprint density at radius 1 is 1.30 bits per heavy atom.